The van der Waals surface area contributed by atoms with Crippen LogP contribution >= 0.6 is 0 Å². The predicted molar refractivity (Wildman–Crippen MR) is 210 cm³/mol. The summed E-state index contributed by atoms with van der Waals surface area (Å²) in [6.45, 7) is 11.5. The van der Waals surface area contributed by atoms with Gasteiger partial charge in [0.15, 0.2) is 0 Å². The lowest BCUT2D eigenvalue weighted by Crippen LogP contribution is -2.15. The molecular weight excluding hydrogens is 738 g/mol. The van der Waals surface area contributed by atoms with Crippen LogP contribution in [0.25, 0.3) is 23.3 Å². The van der Waals surface area contributed by atoms with Gasteiger partial charge in [-0.05, 0) is 82.9 Å². The first-order valence-corrected chi connectivity index (χ1v) is 18.0. The largest absolute Gasteiger partial charge is 0.493 e. The predicted octanol–water partition coefficient (Wildman–Crippen LogP) is 8.91. The van der Waals surface area contributed by atoms with Crippen LogP contribution in [0.5, 0.6) is 23.0 Å². The molecule has 10 nitrogen and oxygen atoms in total. The molecule has 0 atom stereocenters. The lowest BCUT2D eigenvalue weighted by Gasteiger charge is -2.22. The highest BCUT2D eigenvalue weighted by Crippen LogP contribution is 2.50. The van der Waals surface area contributed by atoms with Gasteiger partial charge in [0.25, 0.3) is 0 Å². The van der Waals surface area contributed by atoms with E-state index in [1.165, 1.54) is 36.6 Å². The summed E-state index contributed by atoms with van der Waals surface area (Å²) in [6.07, 6.45) is 8.33. The van der Waals surface area contributed by atoms with E-state index in [1.54, 1.807) is 24.3 Å². The van der Waals surface area contributed by atoms with E-state index in [-0.39, 0.29) is 38.8 Å². The highest BCUT2D eigenvalue weighted by Gasteiger charge is 2.36. The Bertz CT molecular complexity index is 2170. The van der Waals surface area contributed by atoms with Gasteiger partial charge in [-0.2, -0.15) is 0 Å². The van der Waals surface area contributed by atoms with Gasteiger partial charge in [-0.3, -0.25) is 0 Å². The number of fused-ring (bicyclic) bond motifs is 3. The van der Waals surface area contributed by atoms with Crippen LogP contribution in [-0.2, 0) is 34.0 Å². The van der Waals surface area contributed by atoms with Crippen molar-refractivity contribution in [3.8, 4) is 34.1 Å². The SMILES string of the molecule is C=CC(=O)OCCCOc1ccc(C=COCOc2ccc3c(c2)C(C)(C)c2cc(OC(=O)C=Cc4ccc(OCCCOC(=O)C=C)cc4F)ccc2-3)c(F)c1. The number of benzene rings is 4. The molecule has 5 rings (SSSR count). The lowest BCUT2D eigenvalue weighted by atomic mass is 9.82. The third-order valence-electron chi connectivity index (χ3n) is 8.75. The monoisotopic (exact) mass is 780 g/mol. The van der Waals surface area contributed by atoms with Gasteiger partial charge in [-0.1, -0.05) is 39.1 Å². The van der Waals surface area contributed by atoms with Gasteiger partial charge in [-0.15, -0.1) is 0 Å². The quantitative estimate of drug-likeness (QED) is 0.0215. The molecule has 0 spiro atoms. The van der Waals surface area contributed by atoms with E-state index < -0.39 is 35.0 Å². The maximum Gasteiger partial charge on any atom is 0.336 e. The van der Waals surface area contributed by atoms with E-state index >= 15 is 0 Å². The van der Waals surface area contributed by atoms with Crippen molar-refractivity contribution in [2.75, 3.05) is 33.2 Å². The molecule has 0 radical (unpaired) electrons. The van der Waals surface area contributed by atoms with Crippen molar-refractivity contribution >= 4 is 30.1 Å². The standard InChI is InChI=1S/C45H42F2O10/c1-5-42(48)54-22-7-20-52-33-12-9-30(40(46)27-33)11-18-44(50)57-35-15-17-37-36-16-14-32(25-38(36)45(3,4)39(37)26-35)56-29-51-24-19-31-10-13-34(28-41(31)47)53-21-8-23-55-43(49)6-2/h5-6,9-19,24-28H,1-2,7-8,20-23,29H2,3-4H3. The van der Waals surface area contributed by atoms with Crippen LogP contribution in [0.1, 0.15) is 48.9 Å². The summed E-state index contributed by atoms with van der Waals surface area (Å²) in [5, 5.41) is 0. The second-order valence-electron chi connectivity index (χ2n) is 13.0. The fourth-order valence-electron chi connectivity index (χ4n) is 5.85. The van der Waals surface area contributed by atoms with Crippen molar-refractivity contribution < 1.29 is 56.3 Å². The minimum atomic E-state index is -0.673. The Morgan fingerprint density at radius 2 is 1.11 bits per heavy atom. The third kappa shape index (κ3) is 11.4. The maximum atomic E-state index is 14.7. The van der Waals surface area contributed by atoms with E-state index in [4.69, 9.17) is 33.2 Å². The second-order valence-corrected chi connectivity index (χ2v) is 13.0. The van der Waals surface area contributed by atoms with Crippen LogP contribution in [-0.4, -0.2) is 51.1 Å². The van der Waals surface area contributed by atoms with Crippen molar-refractivity contribution in [1.82, 2.24) is 0 Å². The van der Waals surface area contributed by atoms with Gasteiger partial charge in [0, 0.05) is 59.7 Å². The van der Waals surface area contributed by atoms with Crippen LogP contribution in [0, 0.1) is 11.6 Å². The number of halogens is 2. The van der Waals surface area contributed by atoms with Crippen LogP contribution in [0.2, 0.25) is 0 Å². The zero-order valence-corrected chi connectivity index (χ0v) is 31.6. The summed E-state index contributed by atoms with van der Waals surface area (Å²) in [6, 6.07) is 19.9. The first-order chi connectivity index (χ1) is 27.5. The number of esters is 3. The number of ether oxygens (including phenoxy) is 7. The summed E-state index contributed by atoms with van der Waals surface area (Å²) in [5.41, 5.74) is 3.98. The molecule has 1 aliphatic carbocycles. The second kappa shape index (κ2) is 19.8. The molecular formula is C45H42F2O10. The lowest BCUT2D eigenvalue weighted by molar-refractivity contribution is -0.138. The van der Waals surface area contributed by atoms with Gasteiger partial charge in [0.1, 0.15) is 34.6 Å². The minimum Gasteiger partial charge on any atom is -0.493 e. The van der Waals surface area contributed by atoms with Crippen molar-refractivity contribution in [2.24, 2.45) is 0 Å². The van der Waals surface area contributed by atoms with Gasteiger partial charge < -0.3 is 33.2 Å². The Kier molecular flexibility index (Phi) is 14.4. The topological polar surface area (TPSA) is 116 Å². The van der Waals surface area contributed by atoms with Gasteiger partial charge in [-0.25, -0.2) is 23.2 Å². The van der Waals surface area contributed by atoms with Crippen molar-refractivity contribution in [3.63, 3.8) is 0 Å². The molecule has 0 amide bonds. The van der Waals surface area contributed by atoms with E-state index in [0.29, 0.717) is 41.4 Å². The van der Waals surface area contributed by atoms with Gasteiger partial charge in [0.2, 0.25) is 6.79 Å². The Morgan fingerprint density at radius 1 is 0.614 bits per heavy atom. The molecule has 0 heterocycles. The van der Waals surface area contributed by atoms with E-state index in [9.17, 15) is 23.2 Å². The molecule has 296 valence electrons. The average molecular weight is 781 g/mol. The molecule has 0 unspecified atom stereocenters. The normalized spacial score (nSPS) is 12.4. The molecule has 1 aliphatic rings. The smallest absolute Gasteiger partial charge is 0.336 e. The molecule has 0 bridgehead atoms. The molecule has 4 aromatic rings. The van der Waals surface area contributed by atoms with Crippen molar-refractivity contribution in [1.29, 1.82) is 0 Å². The average Bonchev–Trinajstić information content (AvgIpc) is 3.42. The summed E-state index contributed by atoms with van der Waals surface area (Å²) in [5.74, 6) is -1.22. The van der Waals surface area contributed by atoms with Crippen molar-refractivity contribution in [3.05, 3.63) is 144 Å². The molecule has 12 heteroatoms. The van der Waals surface area contributed by atoms with Gasteiger partial charge >= 0.3 is 17.9 Å². The molecule has 57 heavy (non-hydrogen) atoms. The number of rotatable bonds is 20. The number of hydrogen-bond donors (Lipinski definition) is 0. The van der Waals surface area contributed by atoms with Crippen molar-refractivity contribution in [2.45, 2.75) is 32.1 Å². The van der Waals surface area contributed by atoms with E-state index in [2.05, 4.69) is 27.0 Å². The summed E-state index contributed by atoms with van der Waals surface area (Å²) < 4.78 is 66.9. The van der Waals surface area contributed by atoms with Gasteiger partial charge in [0.05, 0.1) is 32.7 Å². The first kappa shape index (κ1) is 41.5. The summed E-state index contributed by atoms with van der Waals surface area (Å²) >= 11 is 0. The maximum absolute atomic E-state index is 14.7. The molecule has 0 saturated heterocycles. The van der Waals surface area contributed by atoms with E-state index in [0.717, 1.165) is 40.5 Å². The minimum absolute atomic E-state index is 0.117. The zero-order chi connectivity index (χ0) is 40.8. The number of carbonyl (C=O) groups is 3. The molecule has 0 saturated carbocycles. The first-order valence-electron chi connectivity index (χ1n) is 18.0. The Balaban J connectivity index is 1.09. The highest BCUT2D eigenvalue weighted by atomic mass is 19.1. The third-order valence-corrected chi connectivity index (χ3v) is 8.75. The van der Waals surface area contributed by atoms with E-state index in [1.807, 2.05) is 30.3 Å². The Hall–Kier alpha value is -6.69. The zero-order valence-electron chi connectivity index (χ0n) is 31.6. The summed E-state index contributed by atoms with van der Waals surface area (Å²) in [4.78, 5) is 34.9. The summed E-state index contributed by atoms with van der Waals surface area (Å²) in [7, 11) is 0. The molecule has 4 aromatic carbocycles. The van der Waals surface area contributed by atoms with Crippen LogP contribution < -0.4 is 18.9 Å². The molecule has 0 N–H and O–H groups in total. The molecule has 0 aliphatic heterocycles. The van der Waals surface area contributed by atoms with Crippen LogP contribution in [0.15, 0.2) is 110 Å². The number of carbonyl (C=O) groups excluding carboxylic acids is 3. The van der Waals surface area contributed by atoms with Crippen LogP contribution in [0.4, 0.5) is 8.78 Å². The fourth-order valence-corrected chi connectivity index (χ4v) is 5.85. The Morgan fingerprint density at radius 3 is 1.65 bits per heavy atom. The fraction of sp³-hybridized carbons (Fsp3) is 0.222. The van der Waals surface area contributed by atoms with Crippen LogP contribution in [0.3, 0.4) is 0 Å². The molecule has 0 fully saturated rings. The highest BCUT2D eigenvalue weighted by molar-refractivity contribution is 5.89. The Labute approximate surface area is 329 Å². The number of hydrogen-bond acceptors (Lipinski definition) is 10. The molecule has 0 aromatic heterocycles.